The Hall–Kier alpha value is -0.900. The minimum atomic E-state index is -0.996. The highest BCUT2D eigenvalue weighted by Crippen LogP contribution is 2.27. The molecule has 17 heavy (non-hydrogen) atoms. The molecule has 0 aliphatic carbocycles. The van der Waals surface area contributed by atoms with E-state index in [0.29, 0.717) is 10.6 Å². The number of hydrogen-bond acceptors (Lipinski definition) is 1. The lowest BCUT2D eigenvalue weighted by molar-refractivity contribution is 0.215. The Morgan fingerprint density at radius 3 is 2.41 bits per heavy atom. The first-order chi connectivity index (χ1) is 8.08. The van der Waals surface area contributed by atoms with Gasteiger partial charge in [-0.3, -0.25) is 0 Å². The predicted molar refractivity (Wildman–Crippen MR) is 69.6 cm³/mol. The molecule has 1 atom stereocenters. The second-order valence-electron chi connectivity index (χ2n) is 3.62. The lowest BCUT2D eigenvalue weighted by atomic mass is 10.0. The van der Waals surface area contributed by atoms with Crippen molar-refractivity contribution < 1.29 is 9.50 Å². The van der Waals surface area contributed by atoms with E-state index < -0.39 is 11.9 Å². The molecule has 1 nitrogen and oxygen atoms in total. The summed E-state index contributed by atoms with van der Waals surface area (Å²) in [5, 5.41) is 10.7. The molecule has 0 aliphatic heterocycles. The molecule has 0 radical (unpaired) electrons. The molecule has 0 aliphatic rings. The molecule has 88 valence electrons. The maximum Gasteiger partial charge on any atom is 0.129 e. The van der Waals surface area contributed by atoms with Crippen LogP contribution in [0.4, 0.5) is 4.39 Å². The molecule has 4 heteroatoms. The van der Waals surface area contributed by atoms with Crippen LogP contribution >= 0.6 is 27.5 Å². The second kappa shape index (κ2) is 5.17. The molecule has 2 aromatic rings. The average Bonchev–Trinajstić information content (AvgIpc) is 2.32. The van der Waals surface area contributed by atoms with Crippen molar-refractivity contribution in [3.63, 3.8) is 0 Å². The van der Waals surface area contributed by atoms with Crippen LogP contribution in [0.15, 0.2) is 46.9 Å². The molecule has 0 bridgehead atoms. The standard InChI is InChI=1S/C13H9BrClFO/c14-9-3-6-12(16)11(7-9)13(17)8-1-4-10(15)5-2-8/h1-7,13,17H/t13-/m0/s1. The lowest BCUT2D eigenvalue weighted by Gasteiger charge is -2.12. The van der Waals surface area contributed by atoms with Gasteiger partial charge in [0.1, 0.15) is 11.9 Å². The molecular weight excluding hydrogens is 306 g/mol. The fourth-order valence-corrected chi connectivity index (χ4v) is 2.05. The van der Waals surface area contributed by atoms with Crippen molar-refractivity contribution >= 4 is 27.5 Å². The predicted octanol–water partition coefficient (Wildman–Crippen LogP) is 4.32. The smallest absolute Gasteiger partial charge is 0.129 e. The van der Waals surface area contributed by atoms with Crippen molar-refractivity contribution in [1.29, 1.82) is 0 Å². The van der Waals surface area contributed by atoms with Gasteiger partial charge in [-0.25, -0.2) is 4.39 Å². The van der Waals surface area contributed by atoms with Gasteiger partial charge in [-0.1, -0.05) is 39.7 Å². The third-order valence-corrected chi connectivity index (χ3v) is 3.18. The summed E-state index contributed by atoms with van der Waals surface area (Å²) in [7, 11) is 0. The summed E-state index contributed by atoms with van der Waals surface area (Å²) in [5.74, 6) is -0.435. The number of rotatable bonds is 2. The summed E-state index contributed by atoms with van der Waals surface area (Å²) in [5.41, 5.74) is 0.841. The monoisotopic (exact) mass is 314 g/mol. The van der Waals surface area contributed by atoms with Gasteiger partial charge in [0.05, 0.1) is 0 Å². The molecule has 0 spiro atoms. The minimum Gasteiger partial charge on any atom is -0.384 e. The van der Waals surface area contributed by atoms with Crippen LogP contribution in [-0.2, 0) is 0 Å². The van der Waals surface area contributed by atoms with Crippen LogP contribution in [0.1, 0.15) is 17.2 Å². The Bertz CT molecular complexity index is 527. The van der Waals surface area contributed by atoms with Crippen LogP contribution in [0.3, 0.4) is 0 Å². The van der Waals surface area contributed by atoms with Gasteiger partial charge in [-0.05, 0) is 35.9 Å². The number of aliphatic hydroxyl groups is 1. The van der Waals surface area contributed by atoms with Crippen molar-refractivity contribution in [3.8, 4) is 0 Å². The summed E-state index contributed by atoms with van der Waals surface area (Å²) in [6, 6.07) is 11.1. The third kappa shape index (κ3) is 2.86. The molecule has 0 saturated carbocycles. The van der Waals surface area contributed by atoms with Crippen molar-refractivity contribution in [2.75, 3.05) is 0 Å². The Morgan fingerprint density at radius 1 is 1.12 bits per heavy atom. The van der Waals surface area contributed by atoms with Crippen LogP contribution in [0.2, 0.25) is 5.02 Å². The van der Waals surface area contributed by atoms with Crippen LogP contribution in [0, 0.1) is 5.82 Å². The van der Waals surface area contributed by atoms with E-state index in [2.05, 4.69) is 15.9 Å². The highest BCUT2D eigenvalue weighted by atomic mass is 79.9. The zero-order chi connectivity index (χ0) is 12.4. The zero-order valence-corrected chi connectivity index (χ0v) is 11.0. The summed E-state index contributed by atoms with van der Waals surface area (Å²) in [4.78, 5) is 0. The van der Waals surface area contributed by atoms with Gasteiger partial charge in [-0.15, -0.1) is 0 Å². The molecule has 0 amide bonds. The highest BCUT2D eigenvalue weighted by Gasteiger charge is 2.15. The summed E-state index contributed by atoms with van der Waals surface area (Å²) in [6.45, 7) is 0. The SMILES string of the molecule is O[C@@H](c1ccc(Cl)cc1)c1cc(Br)ccc1F. The van der Waals surface area contributed by atoms with E-state index in [4.69, 9.17) is 11.6 Å². The molecule has 0 aromatic heterocycles. The van der Waals surface area contributed by atoms with Gasteiger partial charge in [0.15, 0.2) is 0 Å². The molecule has 0 fully saturated rings. The van der Waals surface area contributed by atoms with Crippen LogP contribution in [0.5, 0.6) is 0 Å². The molecule has 0 saturated heterocycles. The quantitative estimate of drug-likeness (QED) is 0.875. The first-order valence-corrected chi connectivity index (χ1v) is 6.13. The van der Waals surface area contributed by atoms with Crippen LogP contribution in [0.25, 0.3) is 0 Å². The third-order valence-electron chi connectivity index (χ3n) is 2.44. The van der Waals surface area contributed by atoms with E-state index >= 15 is 0 Å². The van der Waals surface area contributed by atoms with Gasteiger partial charge in [0, 0.05) is 15.1 Å². The van der Waals surface area contributed by atoms with Gasteiger partial charge in [-0.2, -0.15) is 0 Å². The maximum atomic E-state index is 13.6. The van der Waals surface area contributed by atoms with E-state index in [1.807, 2.05) is 0 Å². The minimum absolute atomic E-state index is 0.238. The van der Waals surface area contributed by atoms with Crippen molar-refractivity contribution in [3.05, 3.63) is 68.9 Å². The maximum absolute atomic E-state index is 13.6. The topological polar surface area (TPSA) is 20.2 Å². The Balaban J connectivity index is 2.39. The Morgan fingerprint density at radius 2 is 1.76 bits per heavy atom. The van der Waals surface area contributed by atoms with Gasteiger partial charge >= 0.3 is 0 Å². The number of hydrogen-bond donors (Lipinski definition) is 1. The van der Waals surface area contributed by atoms with Crippen LogP contribution < -0.4 is 0 Å². The number of benzene rings is 2. The lowest BCUT2D eigenvalue weighted by Crippen LogP contribution is -2.02. The van der Waals surface area contributed by atoms with Gasteiger partial charge < -0.3 is 5.11 Å². The van der Waals surface area contributed by atoms with Crippen molar-refractivity contribution in [1.82, 2.24) is 0 Å². The highest BCUT2D eigenvalue weighted by molar-refractivity contribution is 9.10. The second-order valence-corrected chi connectivity index (χ2v) is 4.97. The Kier molecular flexibility index (Phi) is 3.82. The van der Waals surface area contributed by atoms with Gasteiger partial charge in [0.25, 0.3) is 0 Å². The Labute approximate surface area is 112 Å². The molecular formula is C13H9BrClFO. The number of halogens is 3. The average molecular weight is 316 g/mol. The fourth-order valence-electron chi connectivity index (χ4n) is 1.55. The van der Waals surface area contributed by atoms with Crippen molar-refractivity contribution in [2.45, 2.75) is 6.10 Å². The molecule has 0 heterocycles. The summed E-state index contributed by atoms with van der Waals surface area (Å²) in [6.07, 6.45) is -0.996. The summed E-state index contributed by atoms with van der Waals surface area (Å²) >= 11 is 9.01. The first-order valence-electron chi connectivity index (χ1n) is 4.96. The zero-order valence-electron chi connectivity index (χ0n) is 8.70. The van der Waals surface area contributed by atoms with E-state index in [1.54, 1.807) is 36.4 Å². The van der Waals surface area contributed by atoms with Crippen LogP contribution in [-0.4, -0.2) is 5.11 Å². The molecule has 0 unspecified atom stereocenters. The fraction of sp³-hybridized carbons (Fsp3) is 0.0769. The molecule has 1 N–H and O–H groups in total. The van der Waals surface area contributed by atoms with Gasteiger partial charge in [0.2, 0.25) is 0 Å². The summed E-state index contributed by atoms with van der Waals surface area (Å²) < 4.78 is 14.3. The molecule has 2 rings (SSSR count). The van der Waals surface area contributed by atoms with Crippen molar-refractivity contribution in [2.24, 2.45) is 0 Å². The van der Waals surface area contributed by atoms with E-state index in [1.165, 1.54) is 6.07 Å². The van der Waals surface area contributed by atoms with E-state index in [9.17, 15) is 9.50 Å². The first kappa shape index (κ1) is 12.6. The largest absolute Gasteiger partial charge is 0.384 e. The number of aliphatic hydroxyl groups excluding tert-OH is 1. The molecule has 2 aromatic carbocycles. The van der Waals surface area contributed by atoms with E-state index in [-0.39, 0.29) is 5.56 Å². The normalized spacial score (nSPS) is 12.5. The van der Waals surface area contributed by atoms with E-state index in [0.717, 1.165) is 4.47 Å².